The molecule has 0 spiro atoms. The number of para-hydroxylation sites is 1. The maximum atomic E-state index is 12.8. The summed E-state index contributed by atoms with van der Waals surface area (Å²) in [6, 6.07) is 9.49. The predicted octanol–water partition coefficient (Wildman–Crippen LogP) is 2.44. The van der Waals surface area contributed by atoms with Gasteiger partial charge in [-0.25, -0.2) is 0 Å². The third kappa shape index (κ3) is 4.30. The van der Waals surface area contributed by atoms with E-state index in [4.69, 9.17) is 10.7 Å². The lowest BCUT2D eigenvalue weighted by molar-refractivity contribution is -0.133. The lowest BCUT2D eigenvalue weighted by Gasteiger charge is -2.33. The Morgan fingerprint density at radius 2 is 2.00 bits per heavy atom. The molecule has 1 aromatic heterocycles. The van der Waals surface area contributed by atoms with Gasteiger partial charge in [0.15, 0.2) is 0 Å². The number of carbonyl (C=O) groups excluding carboxylic acids is 3. The maximum Gasteiger partial charge on any atom is 0.250 e. The fraction of sp³-hybridized carbons (Fsp3) is 0.478. The molecule has 7 heteroatoms. The van der Waals surface area contributed by atoms with Crippen LogP contribution >= 0.6 is 0 Å². The predicted molar refractivity (Wildman–Crippen MR) is 114 cm³/mol. The topological polar surface area (TPSA) is 96.6 Å². The molecule has 3 amide bonds. The van der Waals surface area contributed by atoms with Crippen LogP contribution in [-0.2, 0) is 9.59 Å². The summed E-state index contributed by atoms with van der Waals surface area (Å²) in [5.41, 5.74) is 7.62. The molecule has 2 aliphatic heterocycles. The minimum atomic E-state index is -0.484. The van der Waals surface area contributed by atoms with Crippen LogP contribution in [0.2, 0.25) is 0 Å². The number of fused-ring (bicyclic) bond motifs is 1. The minimum Gasteiger partial charge on any atom is -0.366 e. The number of nitrogens with zero attached hydrogens (tertiary/aromatic N) is 3. The quantitative estimate of drug-likeness (QED) is 0.794. The molecule has 2 fully saturated rings. The number of hydrogen-bond donors (Lipinski definition) is 1. The third-order valence-corrected chi connectivity index (χ3v) is 6.17. The molecule has 2 aromatic rings. The number of piperidine rings is 1. The number of likely N-dealkylation sites (tertiary alicyclic amines) is 2. The summed E-state index contributed by atoms with van der Waals surface area (Å²) in [7, 11) is 0. The van der Waals surface area contributed by atoms with Crippen molar-refractivity contribution in [2.75, 3.05) is 26.2 Å². The number of hydrogen-bond acceptors (Lipinski definition) is 4. The van der Waals surface area contributed by atoms with Crippen LogP contribution in [0.15, 0.2) is 30.3 Å². The second kappa shape index (κ2) is 8.81. The van der Waals surface area contributed by atoms with E-state index in [2.05, 4.69) is 0 Å². The number of aromatic nitrogens is 1. The largest absolute Gasteiger partial charge is 0.366 e. The monoisotopic (exact) mass is 408 g/mol. The van der Waals surface area contributed by atoms with Crippen LogP contribution < -0.4 is 5.73 Å². The molecule has 0 bridgehead atoms. The molecule has 1 atom stereocenters. The Morgan fingerprint density at radius 1 is 1.17 bits per heavy atom. The standard InChI is InChI=1S/C23H28N4O3/c24-23(30)18-14-16-6-1-2-8-19(16)25-22(18)17-7-3-13-27(15-17)21(29)10-5-12-26-11-4-9-20(26)28/h1-2,6,8,14,17H,3-5,7,9-13,15H2,(H2,24,30)/t17-/m1/s1. The normalized spacial score (nSPS) is 19.5. The van der Waals surface area contributed by atoms with Gasteiger partial charge in [0, 0.05) is 50.3 Å². The van der Waals surface area contributed by atoms with Gasteiger partial charge in [0.05, 0.1) is 16.8 Å². The summed E-state index contributed by atoms with van der Waals surface area (Å²) in [6.07, 6.45) is 4.41. The van der Waals surface area contributed by atoms with E-state index in [1.807, 2.05) is 40.1 Å². The molecule has 2 N–H and O–H groups in total. The molecule has 0 radical (unpaired) electrons. The van der Waals surface area contributed by atoms with Gasteiger partial charge >= 0.3 is 0 Å². The summed E-state index contributed by atoms with van der Waals surface area (Å²) in [5, 5.41) is 0.884. The first-order chi connectivity index (χ1) is 14.5. The van der Waals surface area contributed by atoms with Gasteiger partial charge in [0.1, 0.15) is 0 Å². The average molecular weight is 409 g/mol. The Bertz CT molecular complexity index is 974. The Balaban J connectivity index is 1.44. The van der Waals surface area contributed by atoms with Crippen LogP contribution in [0.3, 0.4) is 0 Å². The molecule has 0 unspecified atom stereocenters. The number of pyridine rings is 1. The number of benzene rings is 1. The highest BCUT2D eigenvalue weighted by atomic mass is 16.2. The number of primary amides is 1. The van der Waals surface area contributed by atoms with Crippen molar-refractivity contribution in [2.24, 2.45) is 5.73 Å². The van der Waals surface area contributed by atoms with Crippen molar-refractivity contribution >= 4 is 28.6 Å². The van der Waals surface area contributed by atoms with Gasteiger partial charge in [-0.1, -0.05) is 18.2 Å². The maximum absolute atomic E-state index is 12.8. The van der Waals surface area contributed by atoms with Crippen molar-refractivity contribution in [1.29, 1.82) is 0 Å². The van der Waals surface area contributed by atoms with Gasteiger partial charge in [-0.3, -0.25) is 19.4 Å². The molecule has 2 aliphatic rings. The number of amides is 3. The summed E-state index contributed by atoms with van der Waals surface area (Å²) in [6.45, 7) is 2.73. The highest BCUT2D eigenvalue weighted by Crippen LogP contribution is 2.30. The van der Waals surface area contributed by atoms with E-state index < -0.39 is 5.91 Å². The third-order valence-electron chi connectivity index (χ3n) is 6.17. The lowest BCUT2D eigenvalue weighted by atomic mass is 9.90. The second-order valence-electron chi connectivity index (χ2n) is 8.24. The van der Waals surface area contributed by atoms with Crippen molar-refractivity contribution in [3.63, 3.8) is 0 Å². The summed E-state index contributed by atoms with van der Waals surface area (Å²) in [5.74, 6) is -0.188. The molecule has 7 nitrogen and oxygen atoms in total. The van der Waals surface area contributed by atoms with Crippen LogP contribution in [0.5, 0.6) is 0 Å². The average Bonchev–Trinajstić information content (AvgIpc) is 3.17. The Morgan fingerprint density at radius 3 is 2.77 bits per heavy atom. The SMILES string of the molecule is NC(=O)c1cc2ccccc2nc1[C@@H]1CCCN(C(=O)CCCN2CCCC2=O)C1. The molecule has 30 heavy (non-hydrogen) atoms. The molecule has 3 heterocycles. The zero-order valence-electron chi connectivity index (χ0n) is 17.2. The first-order valence-electron chi connectivity index (χ1n) is 10.8. The van der Waals surface area contributed by atoms with Crippen LogP contribution in [0.1, 0.15) is 60.5 Å². The second-order valence-corrected chi connectivity index (χ2v) is 8.24. The van der Waals surface area contributed by atoms with Crippen LogP contribution in [0.25, 0.3) is 10.9 Å². The smallest absolute Gasteiger partial charge is 0.250 e. The van der Waals surface area contributed by atoms with Crippen molar-refractivity contribution < 1.29 is 14.4 Å². The molecule has 1 aromatic carbocycles. The molecule has 2 saturated heterocycles. The van der Waals surface area contributed by atoms with Gasteiger partial charge in [-0.05, 0) is 37.8 Å². The van der Waals surface area contributed by atoms with E-state index >= 15 is 0 Å². The number of carbonyl (C=O) groups is 3. The summed E-state index contributed by atoms with van der Waals surface area (Å²) in [4.78, 5) is 45.1. The first kappa shape index (κ1) is 20.3. The van der Waals surface area contributed by atoms with Crippen LogP contribution in [0, 0.1) is 0 Å². The summed E-state index contributed by atoms with van der Waals surface area (Å²) >= 11 is 0. The number of nitrogens with two attached hydrogens (primary N) is 1. The molecule has 158 valence electrons. The van der Waals surface area contributed by atoms with E-state index in [1.54, 1.807) is 0 Å². The van der Waals surface area contributed by atoms with E-state index in [9.17, 15) is 14.4 Å². The zero-order valence-corrected chi connectivity index (χ0v) is 17.2. The van der Waals surface area contributed by atoms with Gasteiger partial charge in [0.2, 0.25) is 11.8 Å². The Hall–Kier alpha value is -2.96. The van der Waals surface area contributed by atoms with Gasteiger partial charge in [-0.2, -0.15) is 0 Å². The van der Waals surface area contributed by atoms with E-state index in [1.165, 1.54) is 0 Å². The van der Waals surface area contributed by atoms with Gasteiger partial charge in [0.25, 0.3) is 5.91 Å². The molecule has 0 aliphatic carbocycles. The zero-order chi connectivity index (χ0) is 21.1. The fourth-order valence-corrected chi connectivity index (χ4v) is 4.59. The minimum absolute atomic E-state index is 0.00466. The number of rotatable bonds is 6. The lowest BCUT2D eigenvalue weighted by Crippen LogP contribution is -2.40. The molecular weight excluding hydrogens is 380 g/mol. The Labute approximate surface area is 176 Å². The fourth-order valence-electron chi connectivity index (χ4n) is 4.59. The van der Waals surface area contributed by atoms with E-state index in [-0.39, 0.29) is 17.7 Å². The van der Waals surface area contributed by atoms with Crippen LogP contribution in [0.4, 0.5) is 0 Å². The molecule has 0 saturated carbocycles. The molecule has 4 rings (SSSR count). The van der Waals surface area contributed by atoms with Crippen molar-refractivity contribution in [2.45, 2.75) is 44.4 Å². The van der Waals surface area contributed by atoms with Crippen LogP contribution in [-0.4, -0.2) is 58.7 Å². The highest BCUT2D eigenvalue weighted by molar-refractivity contribution is 5.97. The van der Waals surface area contributed by atoms with Gasteiger partial charge in [-0.15, -0.1) is 0 Å². The van der Waals surface area contributed by atoms with Crippen molar-refractivity contribution in [3.05, 3.63) is 41.6 Å². The van der Waals surface area contributed by atoms with E-state index in [0.29, 0.717) is 43.6 Å². The highest BCUT2D eigenvalue weighted by Gasteiger charge is 2.29. The van der Waals surface area contributed by atoms with Crippen molar-refractivity contribution in [1.82, 2.24) is 14.8 Å². The van der Waals surface area contributed by atoms with E-state index in [0.717, 1.165) is 43.3 Å². The van der Waals surface area contributed by atoms with Gasteiger partial charge < -0.3 is 15.5 Å². The summed E-state index contributed by atoms with van der Waals surface area (Å²) < 4.78 is 0. The Kier molecular flexibility index (Phi) is 5.97. The molecular formula is C23H28N4O3. The first-order valence-corrected chi connectivity index (χ1v) is 10.8. The van der Waals surface area contributed by atoms with Crippen molar-refractivity contribution in [3.8, 4) is 0 Å².